The molecule has 0 heterocycles. The minimum absolute atomic E-state index is 0.0351. The molecule has 0 saturated heterocycles. The molecule has 1 atom stereocenters. The number of hydrogen-bond donors (Lipinski definition) is 1. The van der Waals surface area contributed by atoms with Crippen LogP contribution in [0.4, 0.5) is 0 Å². The normalized spacial score (nSPS) is 12.7. The molecule has 19 heavy (non-hydrogen) atoms. The quantitative estimate of drug-likeness (QED) is 0.857. The summed E-state index contributed by atoms with van der Waals surface area (Å²) < 4.78 is 0. The highest BCUT2D eigenvalue weighted by Crippen LogP contribution is 2.22. The minimum Gasteiger partial charge on any atom is -0.320 e. The van der Waals surface area contributed by atoms with Crippen LogP contribution in [0.5, 0.6) is 0 Å². The van der Waals surface area contributed by atoms with E-state index >= 15 is 0 Å². The second-order valence-electron chi connectivity index (χ2n) is 5.39. The van der Waals surface area contributed by atoms with E-state index in [0.29, 0.717) is 5.92 Å². The molecular weight excluding hydrogens is 230 g/mol. The van der Waals surface area contributed by atoms with Crippen LogP contribution in [-0.4, -0.2) is 0 Å². The van der Waals surface area contributed by atoms with Gasteiger partial charge in [0.1, 0.15) is 0 Å². The standard InChI is InChI=1S/C18H23N/c1-4-14-5-7-16(8-6-14)18(19)17-11-9-15(10-12-17)13(2)3/h5-13,18H,4,19H2,1-3H3. The van der Waals surface area contributed by atoms with Crippen LogP contribution < -0.4 is 5.73 Å². The van der Waals surface area contributed by atoms with Gasteiger partial charge in [0.2, 0.25) is 0 Å². The Bertz CT molecular complexity index is 508. The molecule has 100 valence electrons. The molecular formula is C18H23N. The Kier molecular flexibility index (Phi) is 4.39. The van der Waals surface area contributed by atoms with Gasteiger partial charge in [-0.1, -0.05) is 69.3 Å². The summed E-state index contributed by atoms with van der Waals surface area (Å²) in [7, 11) is 0. The van der Waals surface area contributed by atoms with Crippen LogP contribution in [-0.2, 0) is 6.42 Å². The van der Waals surface area contributed by atoms with Crippen molar-refractivity contribution in [2.45, 2.75) is 39.2 Å². The van der Waals surface area contributed by atoms with Crippen molar-refractivity contribution in [2.24, 2.45) is 5.73 Å². The number of benzene rings is 2. The Hall–Kier alpha value is -1.60. The van der Waals surface area contributed by atoms with E-state index in [2.05, 4.69) is 69.3 Å². The number of aryl methyl sites for hydroxylation is 1. The van der Waals surface area contributed by atoms with E-state index in [9.17, 15) is 0 Å². The predicted octanol–water partition coefficient (Wildman–Crippen LogP) is 4.42. The second-order valence-corrected chi connectivity index (χ2v) is 5.39. The third kappa shape index (κ3) is 3.24. The first-order valence-corrected chi connectivity index (χ1v) is 7.06. The van der Waals surface area contributed by atoms with Gasteiger partial charge in [-0.3, -0.25) is 0 Å². The lowest BCUT2D eigenvalue weighted by Crippen LogP contribution is -2.11. The molecule has 0 bridgehead atoms. The topological polar surface area (TPSA) is 26.0 Å². The van der Waals surface area contributed by atoms with E-state index in [4.69, 9.17) is 5.73 Å². The Morgan fingerprint density at radius 1 is 0.789 bits per heavy atom. The van der Waals surface area contributed by atoms with Crippen molar-refractivity contribution in [2.75, 3.05) is 0 Å². The van der Waals surface area contributed by atoms with Gasteiger partial charge < -0.3 is 5.73 Å². The largest absolute Gasteiger partial charge is 0.320 e. The highest BCUT2D eigenvalue weighted by molar-refractivity contribution is 5.35. The smallest absolute Gasteiger partial charge is 0.0551 e. The molecule has 1 unspecified atom stereocenters. The summed E-state index contributed by atoms with van der Waals surface area (Å²) in [6.45, 7) is 6.58. The molecule has 0 aliphatic heterocycles. The zero-order chi connectivity index (χ0) is 13.8. The Balaban J connectivity index is 2.20. The predicted molar refractivity (Wildman–Crippen MR) is 82.4 cm³/mol. The van der Waals surface area contributed by atoms with Crippen LogP contribution in [0.1, 0.15) is 55.0 Å². The van der Waals surface area contributed by atoms with Gasteiger partial charge in [-0.15, -0.1) is 0 Å². The molecule has 0 aromatic heterocycles. The second kappa shape index (κ2) is 6.03. The maximum absolute atomic E-state index is 6.33. The fraction of sp³-hybridized carbons (Fsp3) is 0.333. The highest BCUT2D eigenvalue weighted by atomic mass is 14.6. The van der Waals surface area contributed by atoms with Gasteiger partial charge in [-0.25, -0.2) is 0 Å². The molecule has 2 aromatic carbocycles. The Morgan fingerprint density at radius 2 is 1.21 bits per heavy atom. The average Bonchev–Trinajstić information content (AvgIpc) is 2.46. The van der Waals surface area contributed by atoms with Crippen LogP contribution in [0.3, 0.4) is 0 Å². The summed E-state index contributed by atoms with van der Waals surface area (Å²) in [5.74, 6) is 0.564. The number of rotatable bonds is 4. The van der Waals surface area contributed by atoms with Gasteiger partial charge in [-0.05, 0) is 34.6 Å². The average molecular weight is 253 g/mol. The first-order chi connectivity index (χ1) is 9.11. The fourth-order valence-electron chi connectivity index (χ4n) is 2.24. The summed E-state index contributed by atoms with van der Waals surface area (Å²) in [5, 5.41) is 0. The van der Waals surface area contributed by atoms with Gasteiger partial charge >= 0.3 is 0 Å². The molecule has 1 heteroatoms. The molecule has 1 nitrogen and oxygen atoms in total. The van der Waals surface area contributed by atoms with E-state index in [1.165, 1.54) is 22.3 Å². The maximum atomic E-state index is 6.33. The molecule has 0 spiro atoms. The minimum atomic E-state index is -0.0351. The molecule has 0 amide bonds. The van der Waals surface area contributed by atoms with Crippen LogP contribution in [0.25, 0.3) is 0 Å². The van der Waals surface area contributed by atoms with Crippen molar-refractivity contribution in [1.29, 1.82) is 0 Å². The van der Waals surface area contributed by atoms with E-state index in [-0.39, 0.29) is 6.04 Å². The van der Waals surface area contributed by atoms with E-state index in [1.807, 2.05) is 0 Å². The maximum Gasteiger partial charge on any atom is 0.0551 e. The fourth-order valence-corrected chi connectivity index (χ4v) is 2.24. The van der Waals surface area contributed by atoms with E-state index in [0.717, 1.165) is 6.42 Å². The lowest BCUT2D eigenvalue weighted by atomic mass is 9.95. The van der Waals surface area contributed by atoms with Crippen LogP contribution in [0.15, 0.2) is 48.5 Å². The van der Waals surface area contributed by atoms with Gasteiger partial charge in [0, 0.05) is 0 Å². The zero-order valence-corrected chi connectivity index (χ0v) is 12.1. The van der Waals surface area contributed by atoms with Crippen molar-refractivity contribution in [3.63, 3.8) is 0 Å². The molecule has 0 radical (unpaired) electrons. The Labute approximate surface area is 116 Å². The molecule has 2 N–H and O–H groups in total. The Morgan fingerprint density at radius 3 is 1.63 bits per heavy atom. The highest BCUT2D eigenvalue weighted by Gasteiger charge is 2.09. The van der Waals surface area contributed by atoms with Gasteiger partial charge in [-0.2, -0.15) is 0 Å². The first kappa shape index (κ1) is 13.8. The van der Waals surface area contributed by atoms with E-state index < -0.39 is 0 Å². The van der Waals surface area contributed by atoms with Crippen molar-refractivity contribution >= 4 is 0 Å². The molecule has 2 rings (SSSR count). The summed E-state index contributed by atoms with van der Waals surface area (Å²) >= 11 is 0. The summed E-state index contributed by atoms with van der Waals surface area (Å²) in [6, 6.07) is 17.2. The number of nitrogens with two attached hydrogens (primary N) is 1. The summed E-state index contributed by atoms with van der Waals surface area (Å²) in [4.78, 5) is 0. The van der Waals surface area contributed by atoms with Gasteiger partial charge in [0.15, 0.2) is 0 Å². The van der Waals surface area contributed by atoms with Crippen molar-refractivity contribution in [3.05, 3.63) is 70.8 Å². The zero-order valence-electron chi connectivity index (χ0n) is 12.1. The van der Waals surface area contributed by atoms with Gasteiger partial charge in [0.05, 0.1) is 6.04 Å². The third-order valence-electron chi connectivity index (χ3n) is 3.71. The van der Waals surface area contributed by atoms with Crippen LogP contribution in [0.2, 0.25) is 0 Å². The molecule has 0 fully saturated rings. The summed E-state index contributed by atoms with van der Waals surface area (Å²) in [5.41, 5.74) is 11.4. The van der Waals surface area contributed by atoms with Crippen molar-refractivity contribution in [3.8, 4) is 0 Å². The first-order valence-electron chi connectivity index (χ1n) is 7.06. The van der Waals surface area contributed by atoms with Crippen molar-refractivity contribution < 1.29 is 0 Å². The lowest BCUT2D eigenvalue weighted by Gasteiger charge is -2.14. The van der Waals surface area contributed by atoms with Crippen LogP contribution in [0, 0.1) is 0 Å². The SMILES string of the molecule is CCc1ccc(C(N)c2ccc(C(C)C)cc2)cc1. The molecule has 0 aliphatic rings. The lowest BCUT2D eigenvalue weighted by molar-refractivity contribution is 0.847. The monoisotopic (exact) mass is 253 g/mol. The molecule has 0 aliphatic carbocycles. The number of hydrogen-bond acceptors (Lipinski definition) is 1. The molecule has 2 aromatic rings. The third-order valence-corrected chi connectivity index (χ3v) is 3.71. The van der Waals surface area contributed by atoms with E-state index in [1.54, 1.807) is 0 Å². The van der Waals surface area contributed by atoms with Crippen LogP contribution >= 0.6 is 0 Å². The van der Waals surface area contributed by atoms with Crippen molar-refractivity contribution in [1.82, 2.24) is 0 Å². The molecule has 0 saturated carbocycles. The van der Waals surface area contributed by atoms with Gasteiger partial charge in [0.25, 0.3) is 0 Å². The summed E-state index contributed by atoms with van der Waals surface area (Å²) in [6.07, 6.45) is 1.07.